The minimum Gasteiger partial charge on any atom is -0.277 e. The zero-order valence-electron chi connectivity index (χ0n) is 10.6. The van der Waals surface area contributed by atoms with Gasteiger partial charge in [0.05, 0.1) is 11.1 Å². The number of benzene rings is 1. The molecule has 2 rings (SSSR count). The van der Waals surface area contributed by atoms with Gasteiger partial charge in [0.25, 0.3) is 11.8 Å². The average Bonchev–Trinajstić information content (AvgIpc) is 2.70. The molecule has 0 saturated heterocycles. The van der Waals surface area contributed by atoms with Crippen LogP contribution in [0.15, 0.2) is 24.3 Å². The van der Waals surface area contributed by atoms with E-state index in [4.69, 9.17) is 0 Å². The zero-order valence-corrected chi connectivity index (χ0v) is 10.6. The molecule has 7 nitrogen and oxygen atoms in total. The molecule has 1 aromatic carbocycles. The Hall–Kier alpha value is -2.70. The minimum atomic E-state index is -0.381. The van der Waals surface area contributed by atoms with Gasteiger partial charge in [-0.25, -0.2) is 0 Å². The molecular weight excluding hydrogens is 262 g/mol. The molecule has 7 heteroatoms. The Balaban J connectivity index is 1.90. The van der Waals surface area contributed by atoms with Crippen LogP contribution >= 0.6 is 0 Å². The lowest BCUT2D eigenvalue weighted by molar-refractivity contribution is -0.124. The minimum absolute atomic E-state index is 0.105. The molecule has 0 fully saturated rings. The number of nitrogens with one attached hydrogen (secondary N) is 2. The Bertz CT molecular complexity index is 535. The molecule has 0 saturated carbocycles. The number of hydrazine groups is 1. The van der Waals surface area contributed by atoms with Gasteiger partial charge in [-0.3, -0.25) is 34.9 Å². The predicted molar refractivity (Wildman–Crippen MR) is 68.4 cm³/mol. The Morgan fingerprint density at radius 1 is 1.15 bits per heavy atom. The summed E-state index contributed by atoms with van der Waals surface area (Å²) in [4.78, 5) is 46.3. The highest BCUT2D eigenvalue weighted by atomic mass is 16.2. The first kappa shape index (κ1) is 13.7. The monoisotopic (exact) mass is 275 g/mol. The van der Waals surface area contributed by atoms with Crippen LogP contribution in [0.3, 0.4) is 0 Å². The summed E-state index contributed by atoms with van der Waals surface area (Å²) in [7, 11) is 0. The van der Waals surface area contributed by atoms with E-state index < -0.39 is 0 Å². The number of carbonyl (C=O) groups is 4. The molecule has 1 heterocycles. The van der Waals surface area contributed by atoms with E-state index in [0.717, 1.165) is 4.90 Å². The van der Waals surface area contributed by atoms with E-state index in [1.54, 1.807) is 24.3 Å². The van der Waals surface area contributed by atoms with Crippen molar-refractivity contribution >= 4 is 24.1 Å². The molecule has 0 aliphatic carbocycles. The third-order valence-corrected chi connectivity index (χ3v) is 2.93. The van der Waals surface area contributed by atoms with Crippen molar-refractivity contribution in [3.63, 3.8) is 0 Å². The maximum atomic E-state index is 12.0. The van der Waals surface area contributed by atoms with E-state index in [2.05, 4.69) is 5.43 Å². The molecule has 1 aromatic rings. The lowest BCUT2D eigenvalue weighted by Gasteiger charge is -2.13. The van der Waals surface area contributed by atoms with Gasteiger partial charge < -0.3 is 0 Å². The summed E-state index contributed by atoms with van der Waals surface area (Å²) < 4.78 is 0. The third kappa shape index (κ3) is 2.66. The van der Waals surface area contributed by atoms with E-state index >= 15 is 0 Å². The Morgan fingerprint density at radius 3 is 2.30 bits per heavy atom. The standard InChI is InChI=1S/C13H13N3O4/c17-8-14-15-11(18)6-3-7-16-12(19)9-4-1-2-5-10(9)13(16)20/h1-2,4-5,8H,3,6-7H2,(H,14,17)(H,15,18). The molecule has 0 spiro atoms. The molecule has 0 unspecified atom stereocenters. The first-order valence-electron chi connectivity index (χ1n) is 6.08. The largest absolute Gasteiger partial charge is 0.277 e. The highest BCUT2D eigenvalue weighted by Crippen LogP contribution is 2.22. The molecule has 2 N–H and O–H groups in total. The number of amides is 4. The van der Waals surface area contributed by atoms with Crippen LogP contribution in [0.4, 0.5) is 0 Å². The summed E-state index contributed by atoms with van der Waals surface area (Å²) in [5.74, 6) is -1.05. The van der Waals surface area contributed by atoms with Gasteiger partial charge in [0.1, 0.15) is 0 Å². The van der Waals surface area contributed by atoms with Gasteiger partial charge in [-0.1, -0.05) is 12.1 Å². The van der Waals surface area contributed by atoms with Gasteiger partial charge in [-0.15, -0.1) is 0 Å². The van der Waals surface area contributed by atoms with Crippen molar-refractivity contribution < 1.29 is 19.2 Å². The second-order valence-electron chi connectivity index (χ2n) is 4.22. The summed E-state index contributed by atoms with van der Waals surface area (Å²) in [6.07, 6.45) is 0.786. The van der Waals surface area contributed by atoms with Crippen LogP contribution in [0.5, 0.6) is 0 Å². The Morgan fingerprint density at radius 2 is 1.75 bits per heavy atom. The number of imide groups is 1. The van der Waals surface area contributed by atoms with Crippen LogP contribution in [0.1, 0.15) is 33.6 Å². The number of nitrogens with zero attached hydrogens (tertiary/aromatic N) is 1. The lowest BCUT2D eigenvalue weighted by atomic mass is 10.1. The maximum Gasteiger partial charge on any atom is 0.261 e. The Kier molecular flexibility index (Phi) is 4.09. The van der Waals surface area contributed by atoms with E-state index in [1.807, 2.05) is 5.43 Å². The van der Waals surface area contributed by atoms with Crippen molar-refractivity contribution in [1.29, 1.82) is 0 Å². The van der Waals surface area contributed by atoms with Gasteiger partial charge in [-0.05, 0) is 18.6 Å². The van der Waals surface area contributed by atoms with Crippen molar-refractivity contribution in [3.05, 3.63) is 35.4 Å². The van der Waals surface area contributed by atoms with Gasteiger partial charge in [-0.2, -0.15) is 0 Å². The fourth-order valence-corrected chi connectivity index (χ4v) is 2.01. The van der Waals surface area contributed by atoms with Crippen molar-refractivity contribution in [2.24, 2.45) is 0 Å². The van der Waals surface area contributed by atoms with Crippen molar-refractivity contribution in [3.8, 4) is 0 Å². The summed E-state index contributed by atoms with van der Waals surface area (Å²) in [5.41, 5.74) is 4.97. The van der Waals surface area contributed by atoms with Gasteiger partial charge in [0, 0.05) is 13.0 Å². The van der Waals surface area contributed by atoms with Crippen LogP contribution < -0.4 is 10.9 Å². The number of carbonyl (C=O) groups excluding carboxylic acids is 4. The van der Waals surface area contributed by atoms with Crippen LogP contribution in [0, 0.1) is 0 Å². The highest BCUT2D eigenvalue weighted by molar-refractivity contribution is 6.21. The van der Waals surface area contributed by atoms with Crippen molar-refractivity contribution in [1.82, 2.24) is 15.8 Å². The van der Waals surface area contributed by atoms with Gasteiger partial charge >= 0.3 is 0 Å². The fraction of sp³-hybridized carbons (Fsp3) is 0.231. The Labute approximate surface area is 114 Å². The predicted octanol–water partition coefficient (Wildman–Crippen LogP) is -0.160. The third-order valence-electron chi connectivity index (χ3n) is 2.93. The number of fused-ring (bicyclic) bond motifs is 1. The summed E-state index contributed by atoms with van der Waals surface area (Å²) in [5, 5.41) is 0. The topological polar surface area (TPSA) is 95.6 Å². The lowest BCUT2D eigenvalue weighted by Crippen LogP contribution is -2.37. The second-order valence-corrected chi connectivity index (χ2v) is 4.22. The molecule has 0 radical (unpaired) electrons. The summed E-state index contributed by atoms with van der Waals surface area (Å²) >= 11 is 0. The molecule has 0 atom stereocenters. The molecular formula is C13H13N3O4. The molecule has 104 valence electrons. The van der Waals surface area contributed by atoms with Crippen LogP contribution in [-0.2, 0) is 9.59 Å². The summed E-state index contributed by atoms with van der Waals surface area (Å²) in [6.45, 7) is 0.168. The first-order chi connectivity index (χ1) is 9.65. The van der Waals surface area contributed by atoms with Gasteiger partial charge in [0.2, 0.25) is 12.3 Å². The SMILES string of the molecule is O=CNNC(=O)CCCN1C(=O)c2ccccc2C1=O. The van der Waals surface area contributed by atoms with E-state index in [9.17, 15) is 19.2 Å². The van der Waals surface area contributed by atoms with Crippen molar-refractivity contribution in [2.45, 2.75) is 12.8 Å². The molecule has 0 bridgehead atoms. The fourth-order valence-electron chi connectivity index (χ4n) is 2.01. The van der Waals surface area contributed by atoms with Gasteiger partial charge in [0.15, 0.2) is 0 Å². The van der Waals surface area contributed by atoms with Crippen LogP contribution in [0.25, 0.3) is 0 Å². The molecule has 1 aliphatic rings. The quantitative estimate of drug-likeness (QED) is 0.428. The molecule has 20 heavy (non-hydrogen) atoms. The first-order valence-corrected chi connectivity index (χ1v) is 6.08. The molecule has 0 aromatic heterocycles. The summed E-state index contributed by atoms with van der Waals surface area (Å²) in [6, 6.07) is 6.62. The van der Waals surface area contributed by atoms with Crippen LogP contribution in [0.2, 0.25) is 0 Å². The zero-order chi connectivity index (χ0) is 14.5. The number of hydrogen-bond donors (Lipinski definition) is 2. The maximum absolute atomic E-state index is 12.0. The average molecular weight is 275 g/mol. The van der Waals surface area contributed by atoms with E-state index in [0.29, 0.717) is 24.0 Å². The van der Waals surface area contributed by atoms with E-state index in [1.165, 1.54) is 0 Å². The van der Waals surface area contributed by atoms with Crippen molar-refractivity contribution in [2.75, 3.05) is 6.54 Å². The van der Waals surface area contributed by atoms with Crippen LogP contribution in [-0.4, -0.2) is 35.6 Å². The smallest absolute Gasteiger partial charge is 0.261 e. The number of rotatable bonds is 6. The molecule has 1 aliphatic heterocycles. The molecule has 4 amide bonds. The normalized spacial score (nSPS) is 13.1. The van der Waals surface area contributed by atoms with E-state index in [-0.39, 0.29) is 30.7 Å². The highest BCUT2D eigenvalue weighted by Gasteiger charge is 2.34. The second kappa shape index (κ2) is 5.96. The number of hydrogen-bond acceptors (Lipinski definition) is 4.